The minimum absolute atomic E-state index is 0.381. The topological polar surface area (TPSA) is 106 Å². The fourth-order valence-electron chi connectivity index (χ4n) is 3.08. The second-order valence-corrected chi connectivity index (χ2v) is 6.63. The Hall–Kier alpha value is -4.05. The zero-order valence-electron chi connectivity index (χ0n) is 15.9. The van der Waals surface area contributed by atoms with Crippen LogP contribution in [-0.2, 0) is 13.0 Å². The molecule has 4 aromatic rings. The smallest absolute Gasteiger partial charge is 0.124 e. The van der Waals surface area contributed by atoms with Gasteiger partial charge in [0.05, 0.1) is 35.8 Å². The summed E-state index contributed by atoms with van der Waals surface area (Å²) in [5.41, 5.74) is 11.6. The maximum Gasteiger partial charge on any atom is 0.124 e. The molecule has 142 valence electrons. The van der Waals surface area contributed by atoms with Crippen LogP contribution in [0, 0.1) is 11.3 Å². The van der Waals surface area contributed by atoms with Gasteiger partial charge >= 0.3 is 0 Å². The van der Waals surface area contributed by atoms with Gasteiger partial charge in [-0.25, -0.2) is 9.67 Å². The molecule has 0 fully saturated rings. The minimum Gasteiger partial charge on any atom is -0.384 e. The number of anilines is 1. The van der Waals surface area contributed by atoms with Gasteiger partial charge in [-0.3, -0.25) is 4.98 Å². The first-order chi connectivity index (χ1) is 14.1. The molecule has 2 N–H and O–H groups in total. The van der Waals surface area contributed by atoms with E-state index < -0.39 is 0 Å². The molecule has 0 radical (unpaired) electrons. The van der Waals surface area contributed by atoms with E-state index in [-0.39, 0.29) is 0 Å². The van der Waals surface area contributed by atoms with E-state index in [2.05, 4.69) is 33.3 Å². The number of rotatable bonds is 5. The van der Waals surface area contributed by atoms with E-state index in [0.29, 0.717) is 29.3 Å². The second-order valence-electron chi connectivity index (χ2n) is 6.63. The number of nitriles is 1. The predicted molar refractivity (Wildman–Crippen MR) is 111 cm³/mol. The van der Waals surface area contributed by atoms with Gasteiger partial charge in [-0.15, -0.1) is 5.10 Å². The molecule has 0 aliphatic heterocycles. The largest absolute Gasteiger partial charge is 0.384 e. The number of nitrogen functional groups attached to an aromatic ring is 1. The van der Waals surface area contributed by atoms with E-state index in [9.17, 15) is 0 Å². The van der Waals surface area contributed by atoms with Crippen LogP contribution in [0.4, 0.5) is 5.82 Å². The summed E-state index contributed by atoms with van der Waals surface area (Å²) in [4.78, 5) is 9.01. The van der Waals surface area contributed by atoms with Gasteiger partial charge in [-0.1, -0.05) is 30.3 Å². The molecule has 29 heavy (non-hydrogen) atoms. The van der Waals surface area contributed by atoms with Crippen LogP contribution in [0.5, 0.6) is 0 Å². The van der Waals surface area contributed by atoms with Gasteiger partial charge in [0, 0.05) is 16.8 Å². The number of aromatic nitrogens is 5. The van der Waals surface area contributed by atoms with E-state index in [1.807, 2.05) is 42.6 Å². The lowest BCUT2D eigenvalue weighted by Crippen LogP contribution is -2.03. The average Bonchev–Trinajstić information content (AvgIpc) is 3.22. The molecule has 0 aliphatic carbocycles. The zero-order chi connectivity index (χ0) is 20.2. The second kappa shape index (κ2) is 7.90. The van der Waals surface area contributed by atoms with Gasteiger partial charge in [0.2, 0.25) is 0 Å². The summed E-state index contributed by atoms with van der Waals surface area (Å²) in [5, 5.41) is 17.6. The molecule has 0 amide bonds. The van der Waals surface area contributed by atoms with Crippen molar-refractivity contribution in [2.24, 2.45) is 0 Å². The van der Waals surface area contributed by atoms with E-state index in [1.54, 1.807) is 22.9 Å². The summed E-state index contributed by atoms with van der Waals surface area (Å²) in [6.07, 6.45) is 2.76. The summed E-state index contributed by atoms with van der Waals surface area (Å²) in [5.74, 6) is 0.381. The predicted octanol–water partition coefficient (Wildman–Crippen LogP) is 3.47. The standard InChI is InChI=1S/C22H19N7/c1-2-18-7-4-8-19(25-18)13-29-14-21(27-28-29)17-10-20(26-22(24)11-17)16-6-3-5-15(9-16)12-23/h3-11,14H,2,13H2,1H3,(H2,24,26). The number of nitrogens with two attached hydrogens (primary N) is 1. The molecule has 0 bridgehead atoms. The summed E-state index contributed by atoms with van der Waals surface area (Å²) in [7, 11) is 0. The van der Waals surface area contributed by atoms with Crippen molar-refractivity contribution in [2.75, 3.05) is 5.73 Å². The number of nitrogens with zero attached hydrogens (tertiary/aromatic N) is 6. The first-order valence-electron chi connectivity index (χ1n) is 9.28. The lowest BCUT2D eigenvalue weighted by molar-refractivity contribution is 0.636. The molecule has 0 aliphatic rings. The zero-order valence-corrected chi connectivity index (χ0v) is 15.9. The van der Waals surface area contributed by atoms with E-state index in [0.717, 1.165) is 28.9 Å². The summed E-state index contributed by atoms with van der Waals surface area (Å²) < 4.78 is 1.75. The molecule has 1 aromatic carbocycles. The summed E-state index contributed by atoms with van der Waals surface area (Å²) >= 11 is 0. The van der Waals surface area contributed by atoms with Crippen molar-refractivity contribution in [3.8, 4) is 28.6 Å². The van der Waals surface area contributed by atoms with Crippen LogP contribution in [0.25, 0.3) is 22.5 Å². The number of aryl methyl sites for hydroxylation is 1. The van der Waals surface area contributed by atoms with Crippen molar-refractivity contribution >= 4 is 5.82 Å². The van der Waals surface area contributed by atoms with Crippen LogP contribution < -0.4 is 5.73 Å². The number of hydrogen-bond acceptors (Lipinski definition) is 6. The first kappa shape index (κ1) is 18.3. The maximum absolute atomic E-state index is 9.13. The molecule has 3 heterocycles. The molecular formula is C22H19N7. The first-order valence-corrected chi connectivity index (χ1v) is 9.28. The van der Waals surface area contributed by atoms with Gasteiger partial charge in [-0.2, -0.15) is 5.26 Å². The fraction of sp³-hybridized carbons (Fsp3) is 0.136. The quantitative estimate of drug-likeness (QED) is 0.567. The van der Waals surface area contributed by atoms with Crippen molar-refractivity contribution in [3.63, 3.8) is 0 Å². The Morgan fingerprint density at radius 2 is 1.79 bits per heavy atom. The Bertz CT molecular complexity index is 1200. The third-order valence-corrected chi connectivity index (χ3v) is 4.52. The van der Waals surface area contributed by atoms with Crippen molar-refractivity contribution in [1.82, 2.24) is 25.0 Å². The number of benzene rings is 1. The normalized spacial score (nSPS) is 10.6. The lowest BCUT2D eigenvalue weighted by atomic mass is 10.1. The highest BCUT2D eigenvalue weighted by Gasteiger charge is 2.10. The minimum atomic E-state index is 0.381. The summed E-state index contributed by atoms with van der Waals surface area (Å²) in [6.45, 7) is 2.62. The van der Waals surface area contributed by atoms with Gasteiger partial charge in [0.25, 0.3) is 0 Å². The molecule has 0 saturated heterocycles. The van der Waals surface area contributed by atoms with Crippen LogP contribution in [0.15, 0.2) is 60.8 Å². The van der Waals surface area contributed by atoms with Crippen LogP contribution in [0.2, 0.25) is 0 Å². The number of hydrogen-bond donors (Lipinski definition) is 1. The fourth-order valence-corrected chi connectivity index (χ4v) is 3.08. The summed E-state index contributed by atoms with van der Waals surface area (Å²) in [6, 6.07) is 19.1. The monoisotopic (exact) mass is 381 g/mol. The molecule has 7 nitrogen and oxygen atoms in total. The highest BCUT2D eigenvalue weighted by atomic mass is 15.4. The molecule has 4 rings (SSSR count). The molecule has 0 unspecified atom stereocenters. The molecular weight excluding hydrogens is 362 g/mol. The van der Waals surface area contributed by atoms with Crippen molar-refractivity contribution in [3.05, 3.63) is 77.7 Å². The Kier molecular flexibility index (Phi) is 4.99. The molecule has 0 atom stereocenters. The highest BCUT2D eigenvalue weighted by Crippen LogP contribution is 2.26. The van der Waals surface area contributed by atoms with Gasteiger partial charge in [-0.05, 0) is 42.8 Å². The van der Waals surface area contributed by atoms with Gasteiger partial charge in [0.1, 0.15) is 11.5 Å². The molecule has 3 aromatic heterocycles. The highest BCUT2D eigenvalue weighted by molar-refractivity contribution is 5.71. The van der Waals surface area contributed by atoms with E-state index in [4.69, 9.17) is 11.0 Å². The van der Waals surface area contributed by atoms with Crippen LogP contribution in [0.1, 0.15) is 23.9 Å². The molecule has 0 saturated carbocycles. The Balaban J connectivity index is 1.64. The van der Waals surface area contributed by atoms with Gasteiger partial charge in [0.15, 0.2) is 0 Å². The third kappa shape index (κ3) is 4.12. The van der Waals surface area contributed by atoms with Crippen LogP contribution in [-0.4, -0.2) is 25.0 Å². The average molecular weight is 381 g/mol. The Morgan fingerprint density at radius 1 is 0.966 bits per heavy atom. The van der Waals surface area contributed by atoms with E-state index >= 15 is 0 Å². The SMILES string of the molecule is CCc1cccc(Cn2cc(-c3cc(N)nc(-c4cccc(C#N)c4)c3)nn2)n1. The van der Waals surface area contributed by atoms with Crippen LogP contribution >= 0.6 is 0 Å². The number of pyridine rings is 2. The Labute approximate surface area is 168 Å². The lowest BCUT2D eigenvalue weighted by Gasteiger charge is -2.05. The van der Waals surface area contributed by atoms with Gasteiger partial charge < -0.3 is 5.73 Å². The Morgan fingerprint density at radius 3 is 2.62 bits per heavy atom. The van der Waals surface area contributed by atoms with E-state index in [1.165, 1.54) is 0 Å². The van der Waals surface area contributed by atoms with Crippen molar-refractivity contribution in [2.45, 2.75) is 19.9 Å². The maximum atomic E-state index is 9.13. The van der Waals surface area contributed by atoms with Crippen molar-refractivity contribution in [1.29, 1.82) is 5.26 Å². The van der Waals surface area contributed by atoms with Crippen molar-refractivity contribution < 1.29 is 0 Å². The van der Waals surface area contributed by atoms with Crippen LogP contribution in [0.3, 0.4) is 0 Å². The molecule has 0 spiro atoms. The third-order valence-electron chi connectivity index (χ3n) is 4.52. The molecule has 7 heteroatoms.